The Bertz CT molecular complexity index is 736. The van der Waals surface area contributed by atoms with Crippen molar-refractivity contribution in [3.8, 4) is 11.5 Å². The Morgan fingerprint density at radius 2 is 1.50 bits per heavy atom. The average molecular weight is 296 g/mol. The number of fused-ring (bicyclic) bond motifs is 2. The molecule has 1 aliphatic rings. The Kier molecular flexibility index (Phi) is 3.07. The highest BCUT2D eigenvalue weighted by atomic mass is 16.3. The highest BCUT2D eigenvalue weighted by molar-refractivity contribution is 6.16. The fourth-order valence-corrected chi connectivity index (χ4v) is 3.12. The average Bonchev–Trinajstić information content (AvgIpc) is 2.51. The zero-order chi connectivity index (χ0) is 16.1. The van der Waals surface area contributed by atoms with E-state index in [4.69, 9.17) is 0 Å². The smallest absolute Gasteiger partial charge is 0.201 e. The number of ketones is 1. The highest BCUT2D eigenvalue weighted by Gasteiger charge is 2.47. The van der Waals surface area contributed by atoms with E-state index >= 15 is 0 Å². The summed E-state index contributed by atoms with van der Waals surface area (Å²) >= 11 is 0. The lowest BCUT2D eigenvalue weighted by atomic mass is 9.68. The summed E-state index contributed by atoms with van der Waals surface area (Å²) in [6.07, 6.45) is 1.58. The van der Waals surface area contributed by atoms with E-state index < -0.39 is 17.3 Å². The lowest BCUT2D eigenvalue weighted by Gasteiger charge is -2.39. The van der Waals surface area contributed by atoms with Crippen molar-refractivity contribution in [2.45, 2.75) is 12.5 Å². The summed E-state index contributed by atoms with van der Waals surface area (Å²) in [5, 5.41) is 31.5. The first-order valence-corrected chi connectivity index (χ1v) is 6.97. The zero-order valence-electron chi connectivity index (χ0n) is 12.1. The molecule has 2 aromatic carbocycles. The molecular formula is C18H16O4. The van der Waals surface area contributed by atoms with Gasteiger partial charge in [-0.25, -0.2) is 0 Å². The van der Waals surface area contributed by atoms with Crippen LogP contribution in [0.5, 0.6) is 11.5 Å². The van der Waals surface area contributed by atoms with Gasteiger partial charge >= 0.3 is 0 Å². The predicted molar refractivity (Wildman–Crippen MR) is 82.0 cm³/mol. The molecule has 22 heavy (non-hydrogen) atoms. The summed E-state index contributed by atoms with van der Waals surface area (Å²) < 4.78 is 0. The number of aliphatic hydroxyl groups is 1. The van der Waals surface area contributed by atoms with Crippen LogP contribution in [0, 0.1) is 5.92 Å². The third-order valence-corrected chi connectivity index (χ3v) is 4.37. The van der Waals surface area contributed by atoms with E-state index in [-0.39, 0.29) is 22.6 Å². The fourth-order valence-electron chi connectivity index (χ4n) is 3.12. The topological polar surface area (TPSA) is 77.8 Å². The molecule has 0 bridgehead atoms. The summed E-state index contributed by atoms with van der Waals surface area (Å²) in [5.74, 6) is -1.36. The molecule has 4 nitrogen and oxygen atoms in total. The predicted octanol–water partition coefficient (Wildman–Crippen LogP) is 2.70. The maximum atomic E-state index is 12.7. The molecule has 0 spiro atoms. The Labute approximate surface area is 128 Å². The van der Waals surface area contributed by atoms with Gasteiger partial charge in [0.15, 0.2) is 0 Å². The maximum absolute atomic E-state index is 12.7. The molecule has 1 atom stereocenters. The van der Waals surface area contributed by atoms with Crippen LogP contribution in [0.1, 0.15) is 34.0 Å². The molecule has 4 heteroatoms. The third kappa shape index (κ3) is 1.64. The van der Waals surface area contributed by atoms with Gasteiger partial charge in [-0.1, -0.05) is 37.3 Å². The van der Waals surface area contributed by atoms with Crippen LogP contribution in [0.3, 0.4) is 0 Å². The second-order valence-electron chi connectivity index (χ2n) is 5.52. The normalized spacial score (nSPS) is 16.5. The molecule has 0 heterocycles. The van der Waals surface area contributed by atoms with Crippen molar-refractivity contribution in [3.63, 3.8) is 0 Å². The van der Waals surface area contributed by atoms with Crippen molar-refractivity contribution in [1.29, 1.82) is 0 Å². The van der Waals surface area contributed by atoms with Crippen molar-refractivity contribution in [2.24, 2.45) is 5.92 Å². The van der Waals surface area contributed by atoms with E-state index in [9.17, 15) is 20.1 Å². The number of carbonyl (C=O) groups is 1. The van der Waals surface area contributed by atoms with Gasteiger partial charge in [-0.15, -0.1) is 6.58 Å². The van der Waals surface area contributed by atoms with Gasteiger partial charge in [-0.05, 0) is 12.1 Å². The van der Waals surface area contributed by atoms with Gasteiger partial charge in [0.1, 0.15) is 17.1 Å². The van der Waals surface area contributed by atoms with Crippen LogP contribution in [0.2, 0.25) is 0 Å². The first kappa shape index (κ1) is 14.4. The van der Waals surface area contributed by atoms with Crippen LogP contribution in [0.15, 0.2) is 49.1 Å². The molecule has 0 aliphatic heterocycles. The van der Waals surface area contributed by atoms with Crippen LogP contribution in [0.4, 0.5) is 0 Å². The van der Waals surface area contributed by atoms with E-state index in [0.717, 1.165) is 0 Å². The fraction of sp³-hybridized carbons (Fsp3) is 0.167. The second kappa shape index (κ2) is 4.71. The molecule has 0 saturated heterocycles. The SMILES string of the molecule is C=CC(C)C1(O)c2cccc(O)c2C(=O)c2c(O)cccc21. The minimum absolute atomic E-state index is 0.0210. The second-order valence-corrected chi connectivity index (χ2v) is 5.52. The van der Waals surface area contributed by atoms with Gasteiger partial charge in [0, 0.05) is 17.0 Å². The lowest BCUT2D eigenvalue weighted by Crippen LogP contribution is -2.40. The van der Waals surface area contributed by atoms with Gasteiger partial charge in [0.05, 0.1) is 11.1 Å². The van der Waals surface area contributed by atoms with Crippen LogP contribution < -0.4 is 0 Å². The maximum Gasteiger partial charge on any atom is 0.201 e. The number of aromatic hydroxyl groups is 2. The largest absolute Gasteiger partial charge is 0.507 e. The third-order valence-electron chi connectivity index (χ3n) is 4.37. The molecule has 1 aliphatic carbocycles. The molecule has 112 valence electrons. The summed E-state index contributed by atoms with van der Waals surface area (Å²) in [4.78, 5) is 12.7. The first-order chi connectivity index (χ1) is 10.4. The Balaban J connectivity index is 2.47. The summed E-state index contributed by atoms with van der Waals surface area (Å²) in [6.45, 7) is 5.49. The van der Waals surface area contributed by atoms with Gasteiger partial charge < -0.3 is 15.3 Å². The summed E-state index contributed by atoms with van der Waals surface area (Å²) in [6, 6.07) is 9.16. The number of carbonyl (C=O) groups excluding carboxylic acids is 1. The summed E-state index contributed by atoms with van der Waals surface area (Å²) in [7, 11) is 0. The van der Waals surface area contributed by atoms with Gasteiger partial charge in [-0.3, -0.25) is 4.79 Å². The quantitative estimate of drug-likeness (QED) is 0.745. The van der Waals surface area contributed by atoms with Crippen LogP contribution in [-0.4, -0.2) is 21.1 Å². The van der Waals surface area contributed by atoms with Crippen molar-refractivity contribution in [3.05, 3.63) is 71.3 Å². The van der Waals surface area contributed by atoms with E-state index in [1.807, 2.05) is 0 Å². The van der Waals surface area contributed by atoms with Crippen molar-refractivity contribution in [2.75, 3.05) is 0 Å². The molecule has 1 unspecified atom stereocenters. The Morgan fingerprint density at radius 3 is 1.91 bits per heavy atom. The molecule has 0 amide bonds. The Morgan fingerprint density at radius 1 is 1.05 bits per heavy atom. The molecule has 3 N–H and O–H groups in total. The molecular weight excluding hydrogens is 280 g/mol. The number of hydrogen-bond donors (Lipinski definition) is 3. The molecule has 2 aromatic rings. The molecule has 0 fully saturated rings. The lowest BCUT2D eigenvalue weighted by molar-refractivity contribution is 0.0382. The number of benzene rings is 2. The number of hydrogen-bond acceptors (Lipinski definition) is 4. The van der Waals surface area contributed by atoms with Gasteiger partial charge in [0.25, 0.3) is 0 Å². The molecule has 0 aromatic heterocycles. The molecule has 3 rings (SSSR count). The number of phenols is 2. The van der Waals surface area contributed by atoms with Crippen LogP contribution >= 0.6 is 0 Å². The van der Waals surface area contributed by atoms with Crippen LogP contribution in [0.25, 0.3) is 0 Å². The highest BCUT2D eigenvalue weighted by Crippen LogP contribution is 2.48. The minimum Gasteiger partial charge on any atom is -0.507 e. The van der Waals surface area contributed by atoms with Crippen molar-refractivity contribution < 1.29 is 20.1 Å². The monoisotopic (exact) mass is 296 g/mol. The Hall–Kier alpha value is -2.59. The number of phenolic OH excluding ortho intramolecular Hbond substituents is 2. The zero-order valence-corrected chi connectivity index (χ0v) is 12.1. The summed E-state index contributed by atoms with van der Waals surface area (Å²) in [5.41, 5.74) is -0.857. The molecule has 0 radical (unpaired) electrons. The van der Waals surface area contributed by atoms with E-state index in [1.54, 1.807) is 37.3 Å². The molecule has 0 saturated carbocycles. The van der Waals surface area contributed by atoms with E-state index in [0.29, 0.717) is 11.1 Å². The van der Waals surface area contributed by atoms with Gasteiger partial charge in [0.2, 0.25) is 5.78 Å². The van der Waals surface area contributed by atoms with Gasteiger partial charge in [-0.2, -0.15) is 0 Å². The van der Waals surface area contributed by atoms with E-state index in [2.05, 4.69) is 6.58 Å². The van der Waals surface area contributed by atoms with Crippen molar-refractivity contribution in [1.82, 2.24) is 0 Å². The van der Waals surface area contributed by atoms with Crippen molar-refractivity contribution >= 4 is 5.78 Å². The van der Waals surface area contributed by atoms with Crippen LogP contribution in [-0.2, 0) is 5.60 Å². The first-order valence-electron chi connectivity index (χ1n) is 6.97. The number of rotatable bonds is 2. The standard InChI is InChI=1S/C18H16O4/c1-3-10(2)18(22)11-6-4-8-13(19)15(11)17(21)16-12(18)7-5-9-14(16)20/h3-10,19-20,22H,1H2,2H3. The van der Waals surface area contributed by atoms with E-state index in [1.165, 1.54) is 12.1 Å². The minimum atomic E-state index is -1.54.